The van der Waals surface area contributed by atoms with Gasteiger partial charge in [-0.2, -0.15) is 0 Å². The molecule has 0 aliphatic carbocycles. The quantitative estimate of drug-likeness (QED) is 0.359. The summed E-state index contributed by atoms with van der Waals surface area (Å²) in [6.45, 7) is 8.14. The molecule has 1 heterocycles. The fourth-order valence-electron chi connectivity index (χ4n) is 4.27. The minimum atomic E-state index is -0.499. The molecule has 7 heteroatoms. The van der Waals surface area contributed by atoms with Crippen LogP contribution < -0.4 is 20.9 Å². The van der Waals surface area contributed by atoms with E-state index < -0.39 is 6.03 Å². The molecule has 3 N–H and O–H groups in total. The molecule has 0 unspecified atom stereocenters. The van der Waals surface area contributed by atoms with E-state index in [1.807, 2.05) is 18.2 Å². The van der Waals surface area contributed by atoms with Gasteiger partial charge in [0.15, 0.2) is 0 Å². The summed E-state index contributed by atoms with van der Waals surface area (Å²) in [6, 6.07) is 17.6. The molecule has 36 heavy (non-hydrogen) atoms. The van der Waals surface area contributed by atoms with Crippen molar-refractivity contribution in [3.05, 3.63) is 88.7 Å². The van der Waals surface area contributed by atoms with E-state index in [0.29, 0.717) is 35.0 Å². The number of carbonyl (C=O) groups excluding carboxylic acids is 2. The second-order valence-electron chi connectivity index (χ2n) is 9.55. The maximum absolute atomic E-state index is 13.9. The lowest BCUT2D eigenvalue weighted by Crippen LogP contribution is -2.26. The first-order valence-electron chi connectivity index (χ1n) is 12.4. The van der Waals surface area contributed by atoms with Crippen molar-refractivity contribution in [1.29, 1.82) is 0 Å². The molecule has 0 bridgehead atoms. The van der Waals surface area contributed by atoms with Crippen LogP contribution in [-0.2, 0) is 6.54 Å². The molecule has 0 saturated carbocycles. The molecule has 0 aromatic heterocycles. The smallest absolute Gasteiger partial charge is 0.323 e. The summed E-state index contributed by atoms with van der Waals surface area (Å²) in [5.74, 6) is -0.154. The van der Waals surface area contributed by atoms with Crippen LogP contribution in [0.3, 0.4) is 0 Å². The van der Waals surface area contributed by atoms with Gasteiger partial charge in [-0.1, -0.05) is 44.2 Å². The highest BCUT2D eigenvalue weighted by Crippen LogP contribution is 2.30. The van der Waals surface area contributed by atoms with Crippen molar-refractivity contribution in [1.82, 2.24) is 5.32 Å². The summed E-state index contributed by atoms with van der Waals surface area (Å²) >= 11 is 0. The molecule has 6 nitrogen and oxygen atoms in total. The standard InChI is InChI=1S/C29H33FN4O2/c1-19(2)22-9-7-21(8-10-22)18-31-28(35)23-11-13-27(34-14-4-5-15-34)26(16-23)33-29(36)32-24-12-6-20(3)25(30)17-24/h6-13,16-17,19H,4-5,14-15,18H2,1-3H3,(H,31,35)(H2,32,33,36). The zero-order valence-electron chi connectivity index (χ0n) is 21.0. The van der Waals surface area contributed by atoms with Crippen molar-refractivity contribution in [2.24, 2.45) is 0 Å². The molecular weight excluding hydrogens is 455 g/mol. The minimum absolute atomic E-state index is 0.222. The predicted molar refractivity (Wildman–Crippen MR) is 143 cm³/mol. The lowest BCUT2D eigenvalue weighted by molar-refractivity contribution is 0.0951. The summed E-state index contributed by atoms with van der Waals surface area (Å²) in [5, 5.41) is 8.50. The normalized spacial score (nSPS) is 13.1. The van der Waals surface area contributed by atoms with Crippen LogP contribution in [0.1, 0.15) is 59.7 Å². The third-order valence-electron chi connectivity index (χ3n) is 6.48. The van der Waals surface area contributed by atoms with Crippen molar-refractivity contribution >= 4 is 29.0 Å². The summed E-state index contributed by atoms with van der Waals surface area (Å²) < 4.78 is 13.9. The molecule has 3 aromatic carbocycles. The number of nitrogens with one attached hydrogen (secondary N) is 3. The van der Waals surface area contributed by atoms with Crippen LogP contribution in [0.2, 0.25) is 0 Å². The monoisotopic (exact) mass is 488 g/mol. The molecule has 4 rings (SSSR count). The first-order chi connectivity index (χ1) is 17.3. The molecular formula is C29H33FN4O2. The zero-order valence-corrected chi connectivity index (χ0v) is 21.0. The molecule has 3 aromatic rings. The van der Waals surface area contributed by atoms with Gasteiger partial charge in [0.05, 0.1) is 11.4 Å². The van der Waals surface area contributed by atoms with Crippen LogP contribution in [0, 0.1) is 12.7 Å². The van der Waals surface area contributed by atoms with Crippen molar-refractivity contribution in [2.75, 3.05) is 28.6 Å². The van der Waals surface area contributed by atoms with E-state index in [2.05, 4.69) is 46.8 Å². The Bertz CT molecular complexity index is 1230. The lowest BCUT2D eigenvalue weighted by atomic mass is 10.0. The largest absolute Gasteiger partial charge is 0.370 e. The Labute approximate surface area is 211 Å². The van der Waals surface area contributed by atoms with Crippen LogP contribution in [-0.4, -0.2) is 25.0 Å². The Hall–Kier alpha value is -3.87. The Morgan fingerprint density at radius 1 is 0.944 bits per heavy atom. The number of hydrogen-bond acceptors (Lipinski definition) is 3. The van der Waals surface area contributed by atoms with Gasteiger partial charge in [0.2, 0.25) is 0 Å². The number of halogens is 1. The molecule has 1 aliphatic heterocycles. The van der Waals surface area contributed by atoms with Crippen LogP contribution in [0.15, 0.2) is 60.7 Å². The Morgan fingerprint density at radius 3 is 2.33 bits per heavy atom. The molecule has 1 aliphatic rings. The molecule has 1 fully saturated rings. The number of amides is 3. The average Bonchev–Trinajstić information content (AvgIpc) is 3.40. The van der Waals surface area contributed by atoms with E-state index in [4.69, 9.17) is 0 Å². The summed E-state index contributed by atoms with van der Waals surface area (Å²) in [7, 11) is 0. The van der Waals surface area contributed by atoms with Gasteiger partial charge in [-0.05, 0) is 72.7 Å². The second kappa shape index (κ2) is 11.2. The molecule has 0 atom stereocenters. The number of rotatable bonds is 7. The van der Waals surface area contributed by atoms with Crippen LogP contribution in [0.25, 0.3) is 0 Å². The van der Waals surface area contributed by atoms with Gasteiger partial charge in [0, 0.05) is 30.9 Å². The number of carbonyl (C=O) groups is 2. The van der Waals surface area contributed by atoms with E-state index in [1.54, 1.807) is 31.2 Å². The highest BCUT2D eigenvalue weighted by atomic mass is 19.1. The first-order valence-corrected chi connectivity index (χ1v) is 12.4. The van der Waals surface area contributed by atoms with Crippen LogP contribution in [0.5, 0.6) is 0 Å². The van der Waals surface area contributed by atoms with Crippen molar-refractivity contribution in [3.8, 4) is 0 Å². The van der Waals surface area contributed by atoms with Gasteiger partial charge in [-0.25, -0.2) is 9.18 Å². The first kappa shape index (κ1) is 25.2. The van der Waals surface area contributed by atoms with E-state index in [9.17, 15) is 14.0 Å². The molecule has 0 spiro atoms. The lowest BCUT2D eigenvalue weighted by Gasteiger charge is -2.22. The maximum atomic E-state index is 13.9. The minimum Gasteiger partial charge on any atom is -0.370 e. The number of anilines is 3. The molecule has 1 saturated heterocycles. The van der Waals surface area contributed by atoms with Crippen molar-refractivity contribution < 1.29 is 14.0 Å². The van der Waals surface area contributed by atoms with Crippen molar-refractivity contribution in [2.45, 2.75) is 46.1 Å². The van der Waals surface area contributed by atoms with E-state index in [-0.39, 0.29) is 11.7 Å². The van der Waals surface area contributed by atoms with Gasteiger partial charge in [-0.15, -0.1) is 0 Å². The van der Waals surface area contributed by atoms with Crippen molar-refractivity contribution in [3.63, 3.8) is 0 Å². The molecule has 3 amide bonds. The Morgan fingerprint density at radius 2 is 1.67 bits per heavy atom. The number of aryl methyl sites for hydroxylation is 1. The van der Waals surface area contributed by atoms with Crippen LogP contribution in [0.4, 0.5) is 26.2 Å². The second-order valence-corrected chi connectivity index (χ2v) is 9.55. The van der Waals surface area contributed by atoms with Crippen LogP contribution >= 0.6 is 0 Å². The summed E-state index contributed by atoms with van der Waals surface area (Å²) in [5.41, 5.74) is 4.99. The topological polar surface area (TPSA) is 73.5 Å². The third kappa shape index (κ3) is 6.22. The van der Waals surface area contributed by atoms with Gasteiger partial charge >= 0.3 is 6.03 Å². The number of benzene rings is 3. The Kier molecular flexibility index (Phi) is 7.88. The fourth-order valence-corrected chi connectivity index (χ4v) is 4.27. The van der Waals surface area contributed by atoms with Gasteiger partial charge in [0.1, 0.15) is 5.82 Å². The van der Waals surface area contributed by atoms with E-state index >= 15 is 0 Å². The number of hydrogen-bond donors (Lipinski definition) is 3. The third-order valence-corrected chi connectivity index (χ3v) is 6.48. The average molecular weight is 489 g/mol. The maximum Gasteiger partial charge on any atom is 0.323 e. The SMILES string of the molecule is Cc1ccc(NC(=O)Nc2cc(C(=O)NCc3ccc(C(C)C)cc3)ccc2N2CCCC2)cc1F. The molecule has 0 radical (unpaired) electrons. The van der Waals surface area contributed by atoms with E-state index in [1.165, 1.54) is 11.6 Å². The predicted octanol–water partition coefficient (Wildman–Crippen LogP) is 6.43. The highest BCUT2D eigenvalue weighted by molar-refractivity contribution is 6.04. The van der Waals surface area contributed by atoms with Gasteiger partial charge < -0.3 is 20.9 Å². The highest BCUT2D eigenvalue weighted by Gasteiger charge is 2.19. The van der Waals surface area contributed by atoms with Gasteiger partial charge in [-0.3, -0.25) is 4.79 Å². The van der Waals surface area contributed by atoms with E-state index in [0.717, 1.165) is 37.2 Å². The summed E-state index contributed by atoms with van der Waals surface area (Å²) in [4.78, 5) is 27.9. The fraction of sp³-hybridized carbons (Fsp3) is 0.310. The summed E-state index contributed by atoms with van der Waals surface area (Å²) in [6.07, 6.45) is 2.15. The molecule has 188 valence electrons. The number of nitrogens with zero attached hydrogens (tertiary/aromatic N) is 1. The van der Waals surface area contributed by atoms with Gasteiger partial charge in [0.25, 0.3) is 5.91 Å². The zero-order chi connectivity index (χ0) is 25.7. The number of urea groups is 1. The Balaban J connectivity index is 1.48.